The van der Waals surface area contributed by atoms with E-state index in [1.54, 1.807) is 0 Å². The average molecular weight is 247 g/mol. The molecule has 1 aromatic heterocycles. The fraction of sp³-hybridized carbons (Fsp3) is 0.625. The predicted octanol–water partition coefficient (Wildman–Crippen LogP) is 4.52. The molecule has 1 aliphatic rings. The minimum Gasteiger partial charge on any atom is -0.464 e. The van der Waals surface area contributed by atoms with Crippen LogP contribution in [-0.2, 0) is 0 Å². The number of furan rings is 1. The van der Waals surface area contributed by atoms with Crippen LogP contribution in [0.3, 0.4) is 0 Å². The van der Waals surface area contributed by atoms with Crippen molar-refractivity contribution >= 4 is 0 Å². The van der Waals surface area contributed by atoms with Gasteiger partial charge in [-0.1, -0.05) is 25.8 Å². The molecular formula is C16H25NO. The van der Waals surface area contributed by atoms with Gasteiger partial charge in [-0.05, 0) is 56.9 Å². The zero-order valence-corrected chi connectivity index (χ0v) is 11.7. The van der Waals surface area contributed by atoms with Crippen LogP contribution in [0.4, 0.5) is 0 Å². The van der Waals surface area contributed by atoms with E-state index in [0.717, 1.165) is 18.1 Å². The molecule has 18 heavy (non-hydrogen) atoms. The zero-order chi connectivity index (χ0) is 12.8. The molecule has 0 fully saturated rings. The Morgan fingerprint density at radius 2 is 2.06 bits per heavy atom. The summed E-state index contributed by atoms with van der Waals surface area (Å²) in [5.74, 6) is 2.07. The molecule has 0 radical (unpaired) electrons. The first kappa shape index (κ1) is 13.4. The highest BCUT2D eigenvalue weighted by atomic mass is 16.3. The molecule has 0 saturated carbocycles. The quantitative estimate of drug-likeness (QED) is 0.791. The third-order valence-corrected chi connectivity index (χ3v) is 3.65. The van der Waals surface area contributed by atoms with E-state index in [2.05, 4.69) is 30.4 Å². The van der Waals surface area contributed by atoms with Gasteiger partial charge in [-0.25, -0.2) is 0 Å². The van der Waals surface area contributed by atoms with Crippen LogP contribution in [0.15, 0.2) is 28.2 Å². The van der Waals surface area contributed by atoms with Crippen LogP contribution in [0, 0.1) is 6.92 Å². The van der Waals surface area contributed by atoms with Crippen LogP contribution in [0.25, 0.3) is 0 Å². The summed E-state index contributed by atoms with van der Waals surface area (Å²) in [6.45, 7) is 5.15. The fourth-order valence-electron chi connectivity index (χ4n) is 2.71. The Kier molecular flexibility index (Phi) is 5.06. The fourth-order valence-corrected chi connectivity index (χ4v) is 2.71. The lowest BCUT2D eigenvalue weighted by Crippen LogP contribution is -2.22. The van der Waals surface area contributed by atoms with E-state index in [9.17, 15) is 0 Å². The first-order valence-corrected chi connectivity index (χ1v) is 7.30. The molecule has 0 spiro atoms. The highest BCUT2D eigenvalue weighted by Gasteiger charge is 2.19. The number of hydrogen-bond donors (Lipinski definition) is 1. The summed E-state index contributed by atoms with van der Waals surface area (Å²) in [6.07, 6.45) is 10.3. The Bertz CT molecular complexity index is 392. The van der Waals surface area contributed by atoms with E-state index in [4.69, 9.17) is 4.42 Å². The summed E-state index contributed by atoms with van der Waals surface area (Å²) in [5, 5.41) is 3.57. The van der Waals surface area contributed by atoms with Crippen molar-refractivity contribution in [1.82, 2.24) is 5.32 Å². The predicted molar refractivity (Wildman–Crippen MR) is 75.6 cm³/mol. The van der Waals surface area contributed by atoms with E-state index >= 15 is 0 Å². The van der Waals surface area contributed by atoms with Gasteiger partial charge < -0.3 is 9.73 Å². The Balaban J connectivity index is 2.17. The van der Waals surface area contributed by atoms with Crippen LogP contribution < -0.4 is 5.32 Å². The lowest BCUT2D eigenvalue weighted by atomic mass is 9.93. The number of allylic oxidation sites excluding steroid dienone is 1. The minimum absolute atomic E-state index is 0.279. The molecule has 1 unspecified atom stereocenters. The van der Waals surface area contributed by atoms with Crippen molar-refractivity contribution in [2.45, 2.75) is 58.4 Å². The molecule has 1 aliphatic carbocycles. The van der Waals surface area contributed by atoms with Crippen LogP contribution >= 0.6 is 0 Å². The van der Waals surface area contributed by atoms with Gasteiger partial charge >= 0.3 is 0 Å². The van der Waals surface area contributed by atoms with Crippen molar-refractivity contribution in [1.29, 1.82) is 0 Å². The van der Waals surface area contributed by atoms with Crippen LogP contribution in [0.5, 0.6) is 0 Å². The van der Waals surface area contributed by atoms with Crippen LogP contribution in [-0.4, -0.2) is 6.54 Å². The van der Waals surface area contributed by atoms with Gasteiger partial charge in [-0.2, -0.15) is 0 Å². The van der Waals surface area contributed by atoms with Crippen molar-refractivity contribution in [2.24, 2.45) is 0 Å². The highest BCUT2D eigenvalue weighted by molar-refractivity contribution is 5.22. The normalized spacial score (nSPS) is 21.8. The number of hydrogen-bond acceptors (Lipinski definition) is 2. The molecular weight excluding hydrogens is 222 g/mol. The lowest BCUT2D eigenvalue weighted by molar-refractivity contribution is 0.422. The number of nitrogens with one attached hydrogen (secondary N) is 1. The SMILES string of the molecule is CCNC(/C1=C/CCCCCC1)c1ccc(C)o1. The number of rotatable bonds is 4. The Hall–Kier alpha value is -1.02. The van der Waals surface area contributed by atoms with Gasteiger partial charge in [-0.15, -0.1) is 0 Å². The van der Waals surface area contributed by atoms with Gasteiger partial charge in [0.1, 0.15) is 11.5 Å². The smallest absolute Gasteiger partial charge is 0.125 e. The van der Waals surface area contributed by atoms with Crippen molar-refractivity contribution < 1.29 is 4.42 Å². The maximum Gasteiger partial charge on any atom is 0.125 e. The Morgan fingerprint density at radius 3 is 2.78 bits per heavy atom. The molecule has 0 bridgehead atoms. The van der Waals surface area contributed by atoms with E-state index in [0.29, 0.717) is 0 Å². The Labute approximate surface area is 110 Å². The number of likely N-dealkylation sites (N-methyl/N-ethyl adjacent to an activating group) is 1. The van der Waals surface area contributed by atoms with Crippen molar-refractivity contribution in [3.05, 3.63) is 35.3 Å². The second kappa shape index (κ2) is 6.79. The zero-order valence-electron chi connectivity index (χ0n) is 11.7. The van der Waals surface area contributed by atoms with Gasteiger partial charge in [0.2, 0.25) is 0 Å². The summed E-state index contributed by atoms with van der Waals surface area (Å²) >= 11 is 0. The molecule has 1 atom stereocenters. The molecule has 2 heteroatoms. The lowest BCUT2D eigenvalue weighted by Gasteiger charge is -2.21. The van der Waals surface area contributed by atoms with Crippen molar-refractivity contribution in [2.75, 3.05) is 6.54 Å². The molecule has 2 nitrogen and oxygen atoms in total. The van der Waals surface area contributed by atoms with Crippen molar-refractivity contribution in [3.63, 3.8) is 0 Å². The van der Waals surface area contributed by atoms with Gasteiger partial charge in [0.25, 0.3) is 0 Å². The summed E-state index contributed by atoms with van der Waals surface area (Å²) in [4.78, 5) is 0. The largest absolute Gasteiger partial charge is 0.464 e. The van der Waals surface area contributed by atoms with E-state index < -0.39 is 0 Å². The minimum atomic E-state index is 0.279. The molecule has 0 aromatic carbocycles. The maximum absolute atomic E-state index is 5.82. The van der Waals surface area contributed by atoms with Gasteiger partial charge in [-0.3, -0.25) is 0 Å². The molecule has 1 heterocycles. The molecule has 1 N–H and O–H groups in total. The average Bonchev–Trinajstić information content (AvgIpc) is 2.73. The standard InChI is InChI=1S/C16H25NO/c1-3-17-16(15-12-11-13(2)18-15)14-9-7-5-4-6-8-10-14/h9,11-12,16-17H,3-8,10H2,1-2H3/b14-9+. The van der Waals surface area contributed by atoms with Gasteiger partial charge in [0.15, 0.2) is 0 Å². The summed E-state index contributed by atoms with van der Waals surface area (Å²) in [6, 6.07) is 4.45. The van der Waals surface area contributed by atoms with Crippen LogP contribution in [0.2, 0.25) is 0 Å². The maximum atomic E-state index is 5.82. The third-order valence-electron chi connectivity index (χ3n) is 3.65. The first-order chi connectivity index (χ1) is 8.81. The monoisotopic (exact) mass is 247 g/mol. The summed E-state index contributed by atoms with van der Waals surface area (Å²) in [5.41, 5.74) is 1.52. The molecule has 2 rings (SSSR count). The van der Waals surface area contributed by atoms with Gasteiger partial charge in [0.05, 0.1) is 6.04 Å². The molecule has 100 valence electrons. The second-order valence-corrected chi connectivity index (χ2v) is 5.17. The molecule has 0 saturated heterocycles. The Morgan fingerprint density at radius 1 is 1.22 bits per heavy atom. The summed E-state index contributed by atoms with van der Waals surface area (Å²) in [7, 11) is 0. The first-order valence-electron chi connectivity index (χ1n) is 7.30. The van der Waals surface area contributed by atoms with E-state index in [1.807, 2.05) is 6.92 Å². The highest BCUT2D eigenvalue weighted by Crippen LogP contribution is 2.29. The molecule has 0 amide bonds. The second-order valence-electron chi connectivity index (χ2n) is 5.17. The van der Waals surface area contributed by atoms with Crippen LogP contribution in [0.1, 0.15) is 63.0 Å². The van der Waals surface area contributed by atoms with Crippen molar-refractivity contribution in [3.8, 4) is 0 Å². The van der Waals surface area contributed by atoms with Gasteiger partial charge in [0, 0.05) is 0 Å². The topological polar surface area (TPSA) is 25.2 Å². The number of aryl methyl sites for hydroxylation is 1. The third kappa shape index (κ3) is 3.49. The van der Waals surface area contributed by atoms with E-state index in [-0.39, 0.29) is 6.04 Å². The molecule has 1 aromatic rings. The summed E-state index contributed by atoms with van der Waals surface area (Å²) < 4.78 is 5.82. The van der Waals surface area contributed by atoms with E-state index in [1.165, 1.54) is 44.1 Å². The molecule has 0 aliphatic heterocycles.